The number of thiol groups is 1. The lowest BCUT2D eigenvalue weighted by Crippen LogP contribution is -2.33. The quantitative estimate of drug-likeness (QED) is 0.586. The third kappa shape index (κ3) is 3.79. The summed E-state index contributed by atoms with van der Waals surface area (Å²) in [5.41, 5.74) is 1.51. The predicted octanol–water partition coefficient (Wildman–Crippen LogP) is 4.67. The summed E-state index contributed by atoms with van der Waals surface area (Å²) in [6, 6.07) is 8.27. The van der Waals surface area contributed by atoms with Crippen LogP contribution in [0.5, 0.6) is 5.75 Å². The largest absolute Gasteiger partial charge is 0.493 e. The molecule has 0 aliphatic heterocycles. The second-order valence-corrected chi connectivity index (χ2v) is 5.92. The van der Waals surface area contributed by atoms with Crippen LogP contribution in [0.15, 0.2) is 36.9 Å². The van der Waals surface area contributed by atoms with E-state index in [1.807, 2.05) is 12.1 Å². The van der Waals surface area contributed by atoms with Gasteiger partial charge in [-0.1, -0.05) is 43.5 Å². The van der Waals surface area contributed by atoms with Gasteiger partial charge in [0, 0.05) is 5.41 Å². The molecule has 0 spiro atoms. The first-order valence-electron chi connectivity index (χ1n) is 7.22. The molecule has 19 heavy (non-hydrogen) atoms. The molecule has 1 aliphatic carbocycles. The van der Waals surface area contributed by atoms with E-state index in [9.17, 15) is 0 Å². The van der Waals surface area contributed by atoms with Crippen molar-refractivity contribution >= 4 is 12.6 Å². The summed E-state index contributed by atoms with van der Waals surface area (Å²) in [7, 11) is 0. The van der Waals surface area contributed by atoms with E-state index in [2.05, 4.69) is 37.4 Å². The fourth-order valence-electron chi connectivity index (χ4n) is 2.85. The van der Waals surface area contributed by atoms with Crippen molar-refractivity contribution in [2.24, 2.45) is 5.41 Å². The molecule has 2 rings (SSSR count). The molecule has 1 saturated carbocycles. The van der Waals surface area contributed by atoms with E-state index >= 15 is 0 Å². The number of hydrogen-bond donors (Lipinski definition) is 1. The molecule has 2 heteroatoms. The molecule has 1 fully saturated rings. The molecule has 0 amide bonds. The predicted molar refractivity (Wildman–Crippen MR) is 85.2 cm³/mol. The molecule has 104 valence electrons. The van der Waals surface area contributed by atoms with Gasteiger partial charge in [-0.15, -0.1) is 6.58 Å². The number of hydrogen-bond acceptors (Lipinski definition) is 2. The molecule has 0 bridgehead atoms. The minimum atomic E-state index is 0.280. The van der Waals surface area contributed by atoms with Gasteiger partial charge in [0.25, 0.3) is 0 Å². The summed E-state index contributed by atoms with van der Waals surface area (Å²) in [5, 5.41) is 0. The molecule has 1 aliphatic rings. The van der Waals surface area contributed by atoms with Crippen LogP contribution in [-0.2, 0) is 6.42 Å². The molecule has 1 nitrogen and oxygen atoms in total. The highest BCUT2D eigenvalue weighted by molar-refractivity contribution is 7.80. The highest BCUT2D eigenvalue weighted by Gasteiger charge is 2.31. The molecule has 0 heterocycles. The minimum Gasteiger partial charge on any atom is -0.493 e. The number of para-hydroxylation sites is 1. The Kier molecular flexibility index (Phi) is 5.38. The summed E-state index contributed by atoms with van der Waals surface area (Å²) in [4.78, 5) is 0. The van der Waals surface area contributed by atoms with Crippen molar-refractivity contribution < 1.29 is 4.74 Å². The Morgan fingerprint density at radius 1 is 1.21 bits per heavy atom. The van der Waals surface area contributed by atoms with Gasteiger partial charge in [-0.25, -0.2) is 0 Å². The van der Waals surface area contributed by atoms with Crippen LogP contribution in [0.3, 0.4) is 0 Å². The van der Waals surface area contributed by atoms with E-state index in [0.29, 0.717) is 0 Å². The summed E-state index contributed by atoms with van der Waals surface area (Å²) in [6.45, 7) is 4.61. The second kappa shape index (κ2) is 7.04. The van der Waals surface area contributed by atoms with Gasteiger partial charge >= 0.3 is 0 Å². The maximum absolute atomic E-state index is 6.13. The van der Waals surface area contributed by atoms with Crippen molar-refractivity contribution in [2.45, 2.75) is 38.5 Å². The third-order valence-corrected chi connectivity index (χ3v) is 4.79. The van der Waals surface area contributed by atoms with Crippen LogP contribution in [0.4, 0.5) is 0 Å². The molecule has 0 saturated heterocycles. The molecular weight excluding hydrogens is 252 g/mol. The van der Waals surface area contributed by atoms with E-state index in [4.69, 9.17) is 4.74 Å². The summed E-state index contributed by atoms with van der Waals surface area (Å²) >= 11 is 4.57. The topological polar surface area (TPSA) is 9.23 Å². The monoisotopic (exact) mass is 276 g/mol. The summed E-state index contributed by atoms with van der Waals surface area (Å²) in [5.74, 6) is 1.94. The van der Waals surface area contributed by atoms with E-state index in [1.54, 1.807) is 0 Å². The van der Waals surface area contributed by atoms with Gasteiger partial charge < -0.3 is 4.74 Å². The van der Waals surface area contributed by atoms with Crippen molar-refractivity contribution in [3.05, 3.63) is 42.5 Å². The Hall–Kier alpha value is -0.890. The zero-order chi connectivity index (χ0) is 13.6. The number of rotatable bonds is 6. The smallest absolute Gasteiger partial charge is 0.122 e. The van der Waals surface area contributed by atoms with Gasteiger partial charge in [0.2, 0.25) is 0 Å². The highest BCUT2D eigenvalue weighted by Crippen LogP contribution is 2.38. The standard InChI is InChI=1S/C17H24OS/c1-2-8-15-9-4-5-10-16(15)18-13-17(14-19)11-6-3-7-12-17/h2,4-5,9-10,19H,1,3,6-8,11-14H2. The Balaban J connectivity index is 2.02. The minimum absolute atomic E-state index is 0.280. The van der Waals surface area contributed by atoms with E-state index < -0.39 is 0 Å². The molecule has 0 radical (unpaired) electrons. The molecule has 1 aromatic carbocycles. The van der Waals surface area contributed by atoms with Crippen LogP contribution < -0.4 is 4.74 Å². The maximum atomic E-state index is 6.13. The Bertz CT molecular complexity index is 407. The van der Waals surface area contributed by atoms with Crippen molar-refractivity contribution in [1.29, 1.82) is 0 Å². The van der Waals surface area contributed by atoms with Gasteiger partial charge in [0.1, 0.15) is 5.75 Å². The van der Waals surface area contributed by atoms with Crippen LogP contribution in [0.2, 0.25) is 0 Å². The van der Waals surface area contributed by atoms with Crippen molar-refractivity contribution in [1.82, 2.24) is 0 Å². The second-order valence-electron chi connectivity index (χ2n) is 5.61. The summed E-state index contributed by atoms with van der Waals surface area (Å²) in [6.07, 6.45) is 9.29. The van der Waals surface area contributed by atoms with Crippen LogP contribution >= 0.6 is 12.6 Å². The zero-order valence-electron chi connectivity index (χ0n) is 11.6. The van der Waals surface area contributed by atoms with Crippen LogP contribution in [0.1, 0.15) is 37.7 Å². The molecule has 0 aromatic heterocycles. The summed E-state index contributed by atoms with van der Waals surface area (Å²) < 4.78 is 6.13. The lowest BCUT2D eigenvalue weighted by Gasteiger charge is -2.35. The molecule has 0 unspecified atom stereocenters. The number of allylic oxidation sites excluding steroid dienone is 1. The van der Waals surface area contributed by atoms with Crippen molar-refractivity contribution in [3.63, 3.8) is 0 Å². The zero-order valence-corrected chi connectivity index (χ0v) is 12.5. The number of ether oxygens (including phenoxy) is 1. The SMILES string of the molecule is C=CCc1ccccc1OCC1(CS)CCCCC1. The van der Waals surface area contributed by atoms with Crippen molar-refractivity contribution in [3.8, 4) is 5.75 Å². The van der Waals surface area contributed by atoms with Crippen LogP contribution in [0, 0.1) is 5.41 Å². The molecular formula is C17H24OS. The first-order valence-corrected chi connectivity index (χ1v) is 7.85. The normalized spacial score (nSPS) is 17.9. The fourth-order valence-corrected chi connectivity index (χ4v) is 3.26. The van der Waals surface area contributed by atoms with Crippen LogP contribution in [0.25, 0.3) is 0 Å². The first kappa shape index (κ1) is 14.5. The Labute approximate surface area is 122 Å². The lowest BCUT2D eigenvalue weighted by molar-refractivity contribution is 0.120. The third-order valence-electron chi connectivity index (χ3n) is 4.12. The van der Waals surface area contributed by atoms with Gasteiger partial charge in [-0.2, -0.15) is 12.6 Å². The molecule has 0 atom stereocenters. The average Bonchev–Trinajstić information content (AvgIpc) is 2.48. The van der Waals surface area contributed by atoms with Gasteiger partial charge in [-0.05, 0) is 36.6 Å². The number of benzene rings is 1. The molecule has 0 N–H and O–H groups in total. The van der Waals surface area contributed by atoms with Crippen molar-refractivity contribution in [2.75, 3.05) is 12.4 Å². The fraction of sp³-hybridized carbons (Fsp3) is 0.529. The van der Waals surface area contributed by atoms with Crippen LogP contribution in [-0.4, -0.2) is 12.4 Å². The molecule has 1 aromatic rings. The highest BCUT2D eigenvalue weighted by atomic mass is 32.1. The van der Waals surface area contributed by atoms with E-state index in [-0.39, 0.29) is 5.41 Å². The first-order chi connectivity index (χ1) is 9.29. The lowest BCUT2D eigenvalue weighted by atomic mass is 9.76. The van der Waals surface area contributed by atoms with E-state index in [1.165, 1.54) is 37.7 Å². The van der Waals surface area contributed by atoms with Gasteiger partial charge in [0.15, 0.2) is 0 Å². The Morgan fingerprint density at radius 2 is 1.95 bits per heavy atom. The maximum Gasteiger partial charge on any atom is 0.122 e. The Morgan fingerprint density at radius 3 is 2.63 bits per heavy atom. The average molecular weight is 276 g/mol. The van der Waals surface area contributed by atoms with E-state index in [0.717, 1.165) is 24.5 Å². The van der Waals surface area contributed by atoms with Gasteiger partial charge in [-0.3, -0.25) is 0 Å². The van der Waals surface area contributed by atoms with Gasteiger partial charge in [0.05, 0.1) is 6.61 Å².